The number of halogens is 4. The van der Waals surface area contributed by atoms with Gasteiger partial charge < -0.3 is 0 Å². The zero-order valence-electron chi connectivity index (χ0n) is 20.3. The number of unbranched alkanes of at least 4 members (excludes halogenated alkanes) is 4. The summed E-state index contributed by atoms with van der Waals surface area (Å²) in [5, 5.41) is 0. The summed E-state index contributed by atoms with van der Waals surface area (Å²) < 4.78 is 53.4. The summed E-state index contributed by atoms with van der Waals surface area (Å²) in [4.78, 5) is 0. The Morgan fingerprint density at radius 1 is 0.794 bits per heavy atom. The number of hydrogen-bond acceptors (Lipinski definition) is 0. The van der Waals surface area contributed by atoms with Crippen LogP contribution in [0.5, 0.6) is 0 Å². The van der Waals surface area contributed by atoms with Gasteiger partial charge in [-0.3, -0.25) is 0 Å². The highest BCUT2D eigenvalue weighted by atomic mass is 19.4. The minimum atomic E-state index is -4.38. The molecule has 4 unspecified atom stereocenters. The van der Waals surface area contributed by atoms with Gasteiger partial charge in [-0.05, 0) is 85.1 Å². The molecule has 0 radical (unpaired) electrons. The van der Waals surface area contributed by atoms with Gasteiger partial charge in [0, 0.05) is 5.56 Å². The minimum Gasteiger partial charge on any atom is -0.206 e. The number of benzene rings is 2. The third-order valence-corrected chi connectivity index (χ3v) is 8.43. The zero-order valence-corrected chi connectivity index (χ0v) is 20.3. The lowest BCUT2D eigenvalue weighted by molar-refractivity contribution is -0.137. The number of rotatable bonds is 8. The van der Waals surface area contributed by atoms with Gasteiger partial charge in [0.05, 0.1) is 5.56 Å². The molecule has 2 fully saturated rings. The van der Waals surface area contributed by atoms with Crippen molar-refractivity contribution in [2.45, 2.75) is 96.1 Å². The van der Waals surface area contributed by atoms with E-state index in [1.165, 1.54) is 76.3 Å². The monoisotopic (exact) mass is 474 g/mol. The van der Waals surface area contributed by atoms with Crippen LogP contribution in [-0.4, -0.2) is 0 Å². The Balaban J connectivity index is 1.33. The van der Waals surface area contributed by atoms with Gasteiger partial charge in [0.15, 0.2) is 0 Å². The van der Waals surface area contributed by atoms with Crippen molar-refractivity contribution in [2.75, 3.05) is 0 Å². The molecule has 2 aromatic carbocycles. The highest BCUT2D eigenvalue weighted by Gasteiger charge is 2.36. The quantitative estimate of drug-likeness (QED) is 0.264. The van der Waals surface area contributed by atoms with Crippen LogP contribution < -0.4 is 0 Å². The fourth-order valence-corrected chi connectivity index (χ4v) is 6.45. The van der Waals surface area contributed by atoms with Crippen molar-refractivity contribution in [3.8, 4) is 11.1 Å². The third kappa shape index (κ3) is 6.23. The van der Waals surface area contributed by atoms with Crippen LogP contribution in [-0.2, 0) is 6.18 Å². The lowest BCUT2D eigenvalue weighted by Gasteiger charge is -2.42. The first-order valence-electron chi connectivity index (χ1n) is 13.3. The highest BCUT2D eigenvalue weighted by Crippen LogP contribution is 2.48. The molecule has 0 bridgehead atoms. The smallest absolute Gasteiger partial charge is 0.206 e. The summed E-state index contributed by atoms with van der Waals surface area (Å²) >= 11 is 0. The second-order valence-electron chi connectivity index (χ2n) is 10.7. The zero-order chi connectivity index (χ0) is 24.1. The van der Waals surface area contributed by atoms with Crippen molar-refractivity contribution in [2.24, 2.45) is 17.8 Å². The second-order valence-corrected chi connectivity index (χ2v) is 10.7. The molecule has 2 aliphatic carbocycles. The Labute approximate surface area is 202 Å². The molecule has 0 spiro atoms. The number of hydrogen-bond donors (Lipinski definition) is 0. The van der Waals surface area contributed by atoms with Crippen molar-refractivity contribution in [3.05, 3.63) is 59.4 Å². The van der Waals surface area contributed by atoms with E-state index < -0.39 is 11.7 Å². The SMILES string of the molecule is CCCCCCCC1CCC2CC(c3ccc(-c4ccc(C(F)(F)F)cc4)c(F)c3)CCC2C1. The van der Waals surface area contributed by atoms with Gasteiger partial charge in [0.25, 0.3) is 0 Å². The van der Waals surface area contributed by atoms with E-state index in [-0.39, 0.29) is 5.82 Å². The fourth-order valence-electron chi connectivity index (χ4n) is 6.45. The molecule has 4 rings (SSSR count). The van der Waals surface area contributed by atoms with Crippen LogP contribution >= 0.6 is 0 Å². The number of fused-ring (bicyclic) bond motifs is 1. The average molecular weight is 475 g/mol. The second kappa shape index (κ2) is 11.3. The largest absolute Gasteiger partial charge is 0.416 e. The van der Waals surface area contributed by atoms with E-state index in [9.17, 15) is 17.6 Å². The lowest BCUT2D eigenvalue weighted by Crippen LogP contribution is -2.30. The van der Waals surface area contributed by atoms with Crippen molar-refractivity contribution in [3.63, 3.8) is 0 Å². The van der Waals surface area contributed by atoms with Crippen LogP contribution in [0.1, 0.15) is 101 Å². The molecule has 0 amide bonds. The molecule has 0 heterocycles. The minimum absolute atomic E-state index is 0.342. The van der Waals surface area contributed by atoms with Gasteiger partial charge >= 0.3 is 6.18 Å². The predicted octanol–water partition coefficient (Wildman–Crippen LogP) is 10.2. The van der Waals surface area contributed by atoms with Crippen LogP contribution in [0.25, 0.3) is 11.1 Å². The fraction of sp³-hybridized carbons (Fsp3) is 0.600. The van der Waals surface area contributed by atoms with Gasteiger partial charge in [0.1, 0.15) is 5.82 Å². The van der Waals surface area contributed by atoms with Gasteiger partial charge in [0.2, 0.25) is 0 Å². The lowest BCUT2D eigenvalue weighted by atomic mass is 9.63. The molecule has 34 heavy (non-hydrogen) atoms. The predicted molar refractivity (Wildman–Crippen MR) is 131 cm³/mol. The molecule has 2 aliphatic rings. The highest BCUT2D eigenvalue weighted by molar-refractivity contribution is 5.65. The average Bonchev–Trinajstić information content (AvgIpc) is 2.83. The summed E-state index contributed by atoms with van der Waals surface area (Å²) in [7, 11) is 0. The molecular formula is C30H38F4. The first-order valence-corrected chi connectivity index (χ1v) is 13.3. The van der Waals surface area contributed by atoms with Crippen LogP contribution in [0.15, 0.2) is 42.5 Å². The van der Waals surface area contributed by atoms with E-state index in [0.717, 1.165) is 48.3 Å². The summed E-state index contributed by atoms with van der Waals surface area (Å²) in [6, 6.07) is 10.1. The van der Waals surface area contributed by atoms with Crippen molar-refractivity contribution in [1.29, 1.82) is 0 Å². The van der Waals surface area contributed by atoms with Crippen LogP contribution in [0.4, 0.5) is 17.6 Å². The molecule has 2 aromatic rings. The summed E-state index contributed by atoms with van der Waals surface area (Å²) in [6.07, 6.45) is 11.4. The van der Waals surface area contributed by atoms with E-state index >= 15 is 0 Å². The number of alkyl halides is 3. The van der Waals surface area contributed by atoms with E-state index in [2.05, 4.69) is 6.92 Å². The maximum atomic E-state index is 15.0. The standard InChI is InChI=1S/C30H38F4/c1-2-3-4-5-6-7-21-8-9-24-19-25(11-10-23(24)18-21)26-14-17-28(29(31)20-26)22-12-15-27(16-13-22)30(32,33)34/h12-17,20-21,23-25H,2-11,18-19H2,1H3. The molecule has 0 nitrogen and oxygen atoms in total. The van der Waals surface area contributed by atoms with Crippen molar-refractivity contribution in [1.82, 2.24) is 0 Å². The van der Waals surface area contributed by atoms with Gasteiger partial charge in [-0.15, -0.1) is 0 Å². The Hall–Kier alpha value is -1.84. The summed E-state index contributed by atoms with van der Waals surface area (Å²) in [6.45, 7) is 2.26. The first kappa shape index (κ1) is 25.3. The van der Waals surface area contributed by atoms with Crippen molar-refractivity contribution < 1.29 is 17.6 Å². The Kier molecular flexibility index (Phi) is 8.37. The molecule has 0 aliphatic heterocycles. The molecule has 0 N–H and O–H groups in total. The molecule has 2 saturated carbocycles. The first-order chi connectivity index (χ1) is 16.3. The molecule has 4 heteroatoms. The molecule has 186 valence electrons. The molecular weight excluding hydrogens is 436 g/mol. The molecule has 0 aromatic heterocycles. The van der Waals surface area contributed by atoms with E-state index in [1.54, 1.807) is 12.1 Å². The summed E-state index contributed by atoms with van der Waals surface area (Å²) in [5.74, 6) is 2.55. The van der Waals surface area contributed by atoms with E-state index in [1.807, 2.05) is 6.07 Å². The molecule has 0 saturated heterocycles. The maximum Gasteiger partial charge on any atom is 0.416 e. The topological polar surface area (TPSA) is 0 Å². The third-order valence-electron chi connectivity index (χ3n) is 8.43. The molecule has 4 atom stereocenters. The van der Waals surface area contributed by atoms with E-state index in [0.29, 0.717) is 17.0 Å². The van der Waals surface area contributed by atoms with Gasteiger partial charge in [-0.2, -0.15) is 13.2 Å². The van der Waals surface area contributed by atoms with E-state index in [4.69, 9.17) is 0 Å². The van der Waals surface area contributed by atoms with Crippen LogP contribution in [0.3, 0.4) is 0 Å². The Morgan fingerprint density at radius 2 is 1.50 bits per heavy atom. The van der Waals surface area contributed by atoms with Crippen LogP contribution in [0.2, 0.25) is 0 Å². The summed E-state index contributed by atoms with van der Waals surface area (Å²) in [5.41, 5.74) is 1.18. The van der Waals surface area contributed by atoms with Gasteiger partial charge in [-0.25, -0.2) is 4.39 Å². The Bertz CT molecular complexity index is 914. The van der Waals surface area contributed by atoms with Crippen molar-refractivity contribution >= 4 is 0 Å². The van der Waals surface area contributed by atoms with Gasteiger partial charge in [-0.1, -0.05) is 76.1 Å². The maximum absolute atomic E-state index is 15.0. The Morgan fingerprint density at radius 3 is 2.21 bits per heavy atom. The van der Waals surface area contributed by atoms with Crippen LogP contribution in [0, 0.1) is 23.6 Å². The normalized spacial score (nSPS) is 25.2.